The number of benzene rings is 1. The van der Waals surface area contributed by atoms with E-state index in [-0.39, 0.29) is 5.75 Å². The van der Waals surface area contributed by atoms with Crippen LogP contribution in [0.2, 0.25) is 0 Å². The molecule has 0 saturated heterocycles. The first-order valence-corrected chi connectivity index (χ1v) is 8.59. The molecule has 0 aliphatic rings. The fraction of sp³-hybridized carbons (Fsp3) is 0.500. The number of unbranched alkanes of at least 4 members (excludes halogenated alkanes) is 1. The molecule has 1 rings (SSSR count). The van der Waals surface area contributed by atoms with Gasteiger partial charge in [0.25, 0.3) is 0 Å². The SMILES string of the molecule is CCc1ccccc1NC(=O)CS(=O)(=O)CCCCN. The summed E-state index contributed by atoms with van der Waals surface area (Å²) in [5.41, 5.74) is 6.98. The van der Waals surface area contributed by atoms with Crippen LogP contribution in [0.1, 0.15) is 25.3 Å². The maximum Gasteiger partial charge on any atom is 0.239 e. The van der Waals surface area contributed by atoms with Crippen molar-refractivity contribution in [2.45, 2.75) is 26.2 Å². The van der Waals surface area contributed by atoms with Crippen LogP contribution in [0, 0.1) is 0 Å². The molecular formula is C14H22N2O3S. The van der Waals surface area contributed by atoms with Gasteiger partial charge in [-0.25, -0.2) is 8.42 Å². The van der Waals surface area contributed by atoms with Crippen LogP contribution in [0.3, 0.4) is 0 Å². The number of amides is 1. The molecule has 1 aromatic carbocycles. The van der Waals surface area contributed by atoms with E-state index in [1.807, 2.05) is 25.1 Å². The average molecular weight is 298 g/mol. The quantitative estimate of drug-likeness (QED) is 0.709. The molecule has 5 nitrogen and oxygen atoms in total. The molecule has 0 aliphatic carbocycles. The maximum atomic E-state index is 11.8. The largest absolute Gasteiger partial charge is 0.330 e. The highest BCUT2D eigenvalue weighted by Gasteiger charge is 2.16. The van der Waals surface area contributed by atoms with Gasteiger partial charge in [-0.15, -0.1) is 0 Å². The third-order valence-corrected chi connectivity index (χ3v) is 4.55. The zero-order valence-corrected chi connectivity index (χ0v) is 12.6. The summed E-state index contributed by atoms with van der Waals surface area (Å²) < 4.78 is 23.5. The number of carbonyl (C=O) groups is 1. The Kier molecular flexibility index (Phi) is 6.67. The molecule has 1 amide bonds. The Balaban J connectivity index is 2.59. The van der Waals surface area contributed by atoms with Crippen molar-refractivity contribution in [3.05, 3.63) is 29.8 Å². The van der Waals surface area contributed by atoms with Gasteiger partial charge in [0.15, 0.2) is 9.84 Å². The van der Waals surface area contributed by atoms with Crippen molar-refractivity contribution in [2.24, 2.45) is 5.73 Å². The molecule has 0 spiro atoms. The van der Waals surface area contributed by atoms with Crippen molar-refractivity contribution in [1.29, 1.82) is 0 Å². The van der Waals surface area contributed by atoms with Crippen LogP contribution < -0.4 is 11.1 Å². The van der Waals surface area contributed by atoms with E-state index < -0.39 is 21.5 Å². The van der Waals surface area contributed by atoms with E-state index in [2.05, 4.69) is 5.32 Å². The molecule has 20 heavy (non-hydrogen) atoms. The molecule has 0 aliphatic heterocycles. The van der Waals surface area contributed by atoms with Crippen LogP contribution >= 0.6 is 0 Å². The lowest BCUT2D eigenvalue weighted by Crippen LogP contribution is -2.25. The van der Waals surface area contributed by atoms with E-state index in [1.54, 1.807) is 6.07 Å². The molecule has 0 radical (unpaired) electrons. The third kappa shape index (κ3) is 5.71. The minimum atomic E-state index is -3.36. The Hall–Kier alpha value is -1.40. The monoisotopic (exact) mass is 298 g/mol. The molecule has 3 N–H and O–H groups in total. The van der Waals surface area contributed by atoms with Crippen LogP contribution in [0.5, 0.6) is 0 Å². The maximum absolute atomic E-state index is 11.8. The number of carbonyl (C=O) groups excluding carboxylic acids is 1. The van der Waals surface area contributed by atoms with Gasteiger partial charge in [-0.1, -0.05) is 25.1 Å². The molecule has 0 unspecified atom stereocenters. The highest BCUT2D eigenvalue weighted by Crippen LogP contribution is 2.15. The number of hydrogen-bond acceptors (Lipinski definition) is 4. The Bertz CT molecular complexity index is 541. The molecule has 0 aromatic heterocycles. The summed E-state index contributed by atoms with van der Waals surface area (Å²) in [5, 5.41) is 2.67. The summed E-state index contributed by atoms with van der Waals surface area (Å²) in [7, 11) is -3.36. The first kappa shape index (κ1) is 16.7. The number of aryl methyl sites for hydroxylation is 1. The Labute approximate surface area is 120 Å². The van der Waals surface area contributed by atoms with Gasteiger partial charge in [0.1, 0.15) is 5.75 Å². The highest BCUT2D eigenvalue weighted by molar-refractivity contribution is 7.92. The van der Waals surface area contributed by atoms with Crippen LogP contribution in [0.15, 0.2) is 24.3 Å². The lowest BCUT2D eigenvalue weighted by atomic mass is 10.1. The molecule has 1 aromatic rings. The summed E-state index contributed by atoms with van der Waals surface area (Å²) in [5.74, 6) is -0.957. The standard InChI is InChI=1S/C14H22N2O3S/c1-2-12-7-3-4-8-13(12)16-14(17)11-20(18,19)10-6-5-9-15/h3-4,7-8H,2,5-6,9-11,15H2,1H3,(H,16,17). The van der Waals surface area contributed by atoms with Crippen LogP contribution in [-0.4, -0.2) is 32.4 Å². The number of nitrogens with two attached hydrogens (primary N) is 1. The van der Waals surface area contributed by atoms with Gasteiger partial charge in [-0.2, -0.15) is 0 Å². The number of para-hydroxylation sites is 1. The Morgan fingerprint density at radius 3 is 2.60 bits per heavy atom. The van der Waals surface area contributed by atoms with Crippen molar-refractivity contribution in [3.8, 4) is 0 Å². The average Bonchev–Trinajstić information content (AvgIpc) is 2.38. The number of rotatable bonds is 8. The van der Waals surface area contributed by atoms with Crippen molar-refractivity contribution < 1.29 is 13.2 Å². The second-order valence-corrected chi connectivity index (χ2v) is 6.83. The minimum absolute atomic E-state index is 0.00699. The van der Waals surface area contributed by atoms with E-state index in [1.165, 1.54) is 0 Å². The van der Waals surface area contributed by atoms with E-state index in [0.717, 1.165) is 12.0 Å². The fourth-order valence-electron chi connectivity index (χ4n) is 1.88. The minimum Gasteiger partial charge on any atom is -0.330 e. The summed E-state index contributed by atoms with van der Waals surface area (Å²) in [6.45, 7) is 2.44. The third-order valence-electron chi connectivity index (χ3n) is 2.93. The van der Waals surface area contributed by atoms with Crippen molar-refractivity contribution in [1.82, 2.24) is 0 Å². The van der Waals surface area contributed by atoms with Gasteiger partial charge in [0.05, 0.1) is 5.75 Å². The van der Waals surface area contributed by atoms with Gasteiger partial charge < -0.3 is 11.1 Å². The number of hydrogen-bond donors (Lipinski definition) is 2. The molecule has 112 valence electrons. The second-order valence-electron chi connectivity index (χ2n) is 4.65. The molecule has 0 heterocycles. The number of nitrogens with one attached hydrogen (secondary N) is 1. The first-order chi connectivity index (χ1) is 9.48. The Morgan fingerprint density at radius 2 is 1.95 bits per heavy atom. The highest BCUT2D eigenvalue weighted by atomic mass is 32.2. The van der Waals surface area contributed by atoms with Gasteiger partial charge >= 0.3 is 0 Å². The molecule has 0 atom stereocenters. The second kappa shape index (κ2) is 8.01. The van der Waals surface area contributed by atoms with E-state index in [0.29, 0.717) is 25.1 Å². The molecule has 0 bridgehead atoms. The van der Waals surface area contributed by atoms with E-state index >= 15 is 0 Å². The summed E-state index contributed by atoms with van der Waals surface area (Å²) in [4.78, 5) is 11.8. The first-order valence-electron chi connectivity index (χ1n) is 6.76. The fourth-order valence-corrected chi connectivity index (χ4v) is 3.13. The summed E-state index contributed by atoms with van der Waals surface area (Å²) in [6, 6.07) is 7.38. The topological polar surface area (TPSA) is 89.3 Å². The van der Waals surface area contributed by atoms with Crippen LogP contribution in [-0.2, 0) is 21.1 Å². The lowest BCUT2D eigenvalue weighted by Gasteiger charge is -2.10. The van der Waals surface area contributed by atoms with Crippen LogP contribution in [0.4, 0.5) is 5.69 Å². The molecule has 6 heteroatoms. The summed E-state index contributed by atoms with van der Waals surface area (Å²) >= 11 is 0. The van der Waals surface area contributed by atoms with Crippen LogP contribution in [0.25, 0.3) is 0 Å². The number of sulfone groups is 1. The van der Waals surface area contributed by atoms with Crippen molar-refractivity contribution in [2.75, 3.05) is 23.4 Å². The summed E-state index contributed by atoms with van der Waals surface area (Å²) in [6.07, 6.45) is 1.93. The number of anilines is 1. The normalized spacial score (nSPS) is 11.3. The van der Waals surface area contributed by atoms with Gasteiger partial charge in [-0.3, -0.25) is 4.79 Å². The van der Waals surface area contributed by atoms with Gasteiger partial charge in [0, 0.05) is 5.69 Å². The van der Waals surface area contributed by atoms with E-state index in [9.17, 15) is 13.2 Å². The van der Waals surface area contributed by atoms with E-state index in [4.69, 9.17) is 5.73 Å². The van der Waals surface area contributed by atoms with Gasteiger partial charge in [-0.05, 0) is 37.4 Å². The predicted octanol–water partition coefficient (Wildman–Crippen LogP) is 1.34. The smallest absolute Gasteiger partial charge is 0.239 e. The molecule has 0 fully saturated rings. The predicted molar refractivity (Wildman–Crippen MR) is 81.4 cm³/mol. The zero-order chi connectivity index (χ0) is 15.0. The Morgan fingerprint density at radius 1 is 1.25 bits per heavy atom. The molecule has 0 saturated carbocycles. The van der Waals surface area contributed by atoms with Crippen molar-refractivity contribution >= 4 is 21.4 Å². The zero-order valence-electron chi connectivity index (χ0n) is 11.8. The molecular weight excluding hydrogens is 276 g/mol. The van der Waals surface area contributed by atoms with Gasteiger partial charge in [0.2, 0.25) is 5.91 Å². The van der Waals surface area contributed by atoms with Crippen molar-refractivity contribution in [3.63, 3.8) is 0 Å². The lowest BCUT2D eigenvalue weighted by molar-refractivity contribution is -0.113.